The van der Waals surface area contributed by atoms with Crippen molar-refractivity contribution in [3.8, 4) is 6.07 Å². The summed E-state index contributed by atoms with van der Waals surface area (Å²) in [6.07, 6.45) is 0. The van der Waals surface area contributed by atoms with Crippen LogP contribution in [0.15, 0.2) is 41.3 Å². The lowest BCUT2D eigenvalue weighted by Gasteiger charge is -2.13. The van der Waals surface area contributed by atoms with Crippen molar-refractivity contribution in [3.63, 3.8) is 0 Å². The fraction of sp³-hybridized carbons (Fsp3) is 0.0714. The number of nitrogens with zero attached hydrogens (tertiary/aromatic N) is 1. The predicted molar refractivity (Wildman–Crippen MR) is 82.6 cm³/mol. The Morgan fingerprint density at radius 1 is 1.29 bits per heavy atom. The molecule has 0 radical (unpaired) electrons. The minimum atomic E-state index is -3.93. The third kappa shape index (κ3) is 3.10. The number of rotatable bonds is 3. The number of benzene rings is 2. The molecule has 3 N–H and O–H groups in total. The number of nitriles is 1. The number of nitrogen functional groups attached to an aromatic ring is 1. The first kappa shape index (κ1) is 15.2. The van der Waals surface area contributed by atoms with Crippen LogP contribution in [-0.2, 0) is 10.0 Å². The fourth-order valence-electron chi connectivity index (χ4n) is 1.77. The van der Waals surface area contributed by atoms with Gasteiger partial charge in [0.1, 0.15) is 11.0 Å². The van der Waals surface area contributed by atoms with E-state index >= 15 is 0 Å². The minimum Gasteiger partial charge on any atom is -0.398 e. The van der Waals surface area contributed by atoms with Crippen molar-refractivity contribution in [3.05, 3.63) is 52.5 Å². The molecule has 0 aromatic heterocycles. The second-order valence-electron chi connectivity index (χ2n) is 4.38. The zero-order chi connectivity index (χ0) is 15.6. The average Bonchev–Trinajstić information content (AvgIpc) is 2.44. The van der Waals surface area contributed by atoms with E-state index in [0.29, 0.717) is 16.9 Å². The van der Waals surface area contributed by atoms with Crippen molar-refractivity contribution < 1.29 is 8.42 Å². The first-order valence-corrected chi connectivity index (χ1v) is 7.79. The van der Waals surface area contributed by atoms with Crippen LogP contribution in [0.4, 0.5) is 11.4 Å². The summed E-state index contributed by atoms with van der Waals surface area (Å²) in [6, 6.07) is 10.8. The van der Waals surface area contributed by atoms with E-state index in [1.165, 1.54) is 18.2 Å². The van der Waals surface area contributed by atoms with Crippen LogP contribution in [0.5, 0.6) is 0 Å². The molecule has 2 aromatic rings. The Morgan fingerprint density at radius 3 is 2.67 bits per heavy atom. The molecule has 2 rings (SSSR count). The van der Waals surface area contributed by atoms with Crippen LogP contribution in [0.25, 0.3) is 0 Å². The van der Waals surface area contributed by atoms with Gasteiger partial charge >= 0.3 is 0 Å². The molecule has 0 bridgehead atoms. The highest BCUT2D eigenvalue weighted by Gasteiger charge is 2.20. The summed E-state index contributed by atoms with van der Waals surface area (Å²) in [5, 5.41) is 9.27. The Morgan fingerprint density at radius 2 is 2.00 bits per heavy atom. The molecule has 0 fully saturated rings. The Kier molecular flexibility index (Phi) is 4.07. The molecular weight excluding hydrogens is 310 g/mol. The lowest BCUT2D eigenvalue weighted by Crippen LogP contribution is -2.15. The summed E-state index contributed by atoms with van der Waals surface area (Å²) in [5.41, 5.74) is 7.22. The number of hydrogen-bond acceptors (Lipinski definition) is 4. The van der Waals surface area contributed by atoms with Crippen molar-refractivity contribution in [1.29, 1.82) is 5.26 Å². The van der Waals surface area contributed by atoms with Gasteiger partial charge in [-0.3, -0.25) is 4.72 Å². The molecular formula is C14H12ClN3O2S. The van der Waals surface area contributed by atoms with Gasteiger partial charge in [0.25, 0.3) is 10.0 Å². The molecule has 7 heteroatoms. The lowest BCUT2D eigenvalue weighted by molar-refractivity contribution is 0.601. The summed E-state index contributed by atoms with van der Waals surface area (Å²) >= 11 is 5.82. The number of halogens is 1. The fourth-order valence-corrected chi connectivity index (χ4v) is 3.32. The smallest absolute Gasteiger partial charge is 0.263 e. The molecule has 0 unspecified atom stereocenters. The van der Waals surface area contributed by atoms with Gasteiger partial charge in [-0.15, -0.1) is 0 Å². The molecule has 0 saturated heterocycles. The maximum absolute atomic E-state index is 12.4. The Bertz CT molecular complexity index is 842. The van der Waals surface area contributed by atoms with Crippen LogP contribution in [0.1, 0.15) is 11.1 Å². The molecule has 0 aliphatic heterocycles. The van der Waals surface area contributed by atoms with E-state index in [-0.39, 0.29) is 15.5 Å². The SMILES string of the molecule is Cc1c(N)cccc1NS(=O)(=O)c1cc(Cl)ccc1C#N. The van der Waals surface area contributed by atoms with E-state index in [2.05, 4.69) is 4.72 Å². The van der Waals surface area contributed by atoms with Gasteiger partial charge in [-0.2, -0.15) is 5.26 Å². The highest BCUT2D eigenvalue weighted by Crippen LogP contribution is 2.26. The van der Waals surface area contributed by atoms with E-state index in [1.807, 2.05) is 6.07 Å². The highest BCUT2D eigenvalue weighted by atomic mass is 35.5. The number of hydrogen-bond donors (Lipinski definition) is 2. The van der Waals surface area contributed by atoms with Gasteiger partial charge < -0.3 is 5.73 Å². The number of nitrogens with two attached hydrogens (primary N) is 1. The summed E-state index contributed by atoms with van der Waals surface area (Å²) in [6.45, 7) is 1.70. The number of sulfonamides is 1. The van der Waals surface area contributed by atoms with Crippen LogP contribution < -0.4 is 10.5 Å². The zero-order valence-electron chi connectivity index (χ0n) is 11.1. The molecule has 0 aliphatic rings. The second kappa shape index (κ2) is 5.64. The zero-order valence-corrected chi connectivity index (χ0v) is 12.7. The normalized spacial score (nSPS) is 10.9. The van der Waals surface area contributed by atoms with Gasteiger partial charge in [0.15, 0.2) is 0 Å². The second-order valence-corrected chi connectivity index (χ2v) is 6.46. The van der Waals surface area contributed by atoms with Crippen LogP contribution in [-0.4, -0.2) is 8.42 Å². The molecule has 0 aliphatic carbocycles. The van der Waals surface area contributed by atoms with Gasteiger partial charge in [-0.05, 0) is 42.8 Å². The summed E-state index contributed by atoms with van der Waals surface area (Å²) in [7, 11) is -3.93. The van der Waals surface area contributed by atoms with Crippen molar-refractivity contribution in [2.45, 2.75) is 11.8 Å². The van der Waals surface area contributed by atoms with Crippen molar-refractivity contribution in [2.24, 2.45) is 0 Å². The largest absolute Gasteiger partial charge is 0.398 e. The van der Waals surface area contributed by atoms with E-state index in [4.69, 9.17) is 22.6 Å². The van der Waals surface area contributed by atoms with Crippen molar-refractivity contribution in [2.75, 3.05) is 10.5 Å². The van der Waals surface area contributed by atoms with Gasteiger partial charge in [-0.25, -0.2) is 8.42 Å². The molecule has 0 atom stereocenters. The first-order chi connectivity index (χ1) is 9.85. The average molecular weight is 322 g/mol. The topological polar surface area (TPSA) is 96.0 Å². The van der Waals surface area contributed by atoms with Gasteiger partial charge in [0.2, 0.25) is 0 Å². The quantitative estimate of drug-likeness (QED) is 0.849. The monoisotopic (exact) mass is 321 g/mol. The number of nitrogens with one attached hydrogen (secondary N) is 1. The van der Waals surface area contributed by atoms with Crippen LogP contribution >= 0.6 is 11.6 Å². The molecule has 2 aromatic carbocycles. The summed E-state index contributed by atoms with van der Waals surface area (Å²) < 4.78 is 27.3. The third-order valence-corrected chi connectivity index (χ3v) is 4.61. The highest BCUT2D eigenvalue weighted by molar-refractivity contribution is 7.92. The lowest BCUT2D eigenvalue weighted by atomic mass is 10.2. The summed E-state index contributed by atoms with van der Waals surface area (Å²) in [5.74, 6) is 0. The van der Waals surface area contributed by atoms with E-state index in [9.17, 15) is 8.42 Å². The predicted octanol–water partition coefficient (Wildman–Crippen LogP) is 2.90. The van der Waals surface area contributed by atoms with Gasteiger partial charge in [-0.1, -0.05) is 17.7 Å². The van der Waals surface area contributed by atoms with Crippen LogP contribution in [0.2, 0.25) is 5.02 Å². The number of anilines is 2. The molecule has 0 heterocycles. The maximum atomic E-state index is 12.4. The van der Waals surface area contributed by atoms with Gasteiger partial charge in [0.05, 0.1) is 11.3 Å². The standard InChI is InChI=1S/C14H12ClN3O2S/c1-9-12(17)3-2-4-13(9)18-21(19,20)14-7-11(15)6-5-10(14)8-16/h2-7,18H,17H2,1H3. The van der Waals surface area contributed by atoms with E-state index < -0.39 is 10.0 Å². The molecule has 5 nitrogen and oxygen atoms in total. The molecule has 108 valence electrons. The minimum absolute atomic E-state index is 0.0217. The van der Waals surface area contributed by atoms with Crippen LogP contribution in [0, 0.1) is 18.3 Å². The summed E-state index contributed by atoms with van der Waals surface area (Å²) in [4.78, 5) is -0.167. The molecule has 0 saturated carbocycles. The van der Waals surface area contributed by atoms with Crippen LogP contribution in [0.3, 0.4) is 0 Å². The maximum Gasteiger partial charge on any atom is 0.263 e. The van der Waals surface area contributed by atoms with E-state index in [0.717, 1.165) is 0 Å². The molecule has 0 spiro atoms. The molecule has 21 heavy (non-hydrogen) atoms. The Balaban J connectivity index is 2.51. The van der Waals surface area contributed by atoms with Crippen molar-refractivity contribution in [1.82, 2.24) is 0 Å². The Labute approximate surface area is 128 Å². The van der Waals surface area contributed by atoms with Gasteiger partial charge in [0, 0.05) is 10.7 Å². The van der Waals surface area contributed by atoms with Crippen molar-refractivity contribution >= 4 is 33.0 Å². The molecule has 0 amide bonds. The Hall–Kier alpha value is -2.23. The third-order valence-electron chi connectivity index (χ3n) is 2.97. The van der Waals surface area contributed by atoms with E-state index in [1.54, 1.807) is 25.1 Å². The first-order valence-electron chi connectivity index (χ1n) is 5.92.